The summed E-state index contributed by atoms with van der Waals surface area (Å²) in [7, 11) is 0. The zero-order chi connectivity index (χ0) is 15.9. The Hall–Kier alpha value is -1.26. The summed E-state index contributed by atoms with van der Waals surface area (Å²) < 4.78 is 0. The smallest absolute Gasteiger partial charge is 0.0808 e. The number of nitrogens with zero attached hydrogens (tertiary/aromatic N) is 2. The lowest BCUT2D eigenvalue weighted by atomic mass is 10.1. The van der Waals surface area contributed by atoms with Gasteiger partial charge >= 0.3 is 0 Å². The third kappa shape index (κ3) is 4.62. The number of hydrogen-bond donors (Lipinski definition) is 0. The maximum Gasteiger partial charge on any atom is 0.0808 e. The number of hydrogen-bond acceptors (Lipinski definition) is 2. The van der Waals surface area contributed by atoms with E-state index in [1.807, 2.05) is 0 Å². The van der Waals surface area contributed by atoms with E-state index in [4.69, 9.17) is 0 Å². The second kappa shape index (κ2) is 8.39. The molecule has 0 N–H and O–H groups in total. The number of benzene rings is 2. The van der Waals surface area contributed by atoms with Gasteiger partial charge in [-0.05, 0) is 25.0 Å². The van der Waals surface area contributed by atoms with E-state index in [0.29, 0.717) is 10.7 Å². The van der Waals surface area contributed by atoms with E-state index in [1.54, 1.807) is 0 Å². The van der Waals surface area contributed by atoms with Crippen LogP contribution in [0, 0.1) is 13.8 Å². The summed E-state index contributed by atoms with van der Waals surface area (Å²) in [6.07, 6.45) is 0. The molecule has 0 radical (unpaired) electrons. The first-order valence-corrected chi connectivity index (χ1v) is 9.27. The van der Waals surface area contributed by atoms with Crippen LogP contribution in [0.1, 0.15) is 22.3 Å². The summed E-state index contributed by atoms with van der Waals surface area (Å²) in [4.78, 5) is 0. The summed E-state index contributed by atoms with van der Waals surface area (Å²) in [6, 6.07) is 16.6. The van der Waals surface area contributed by atoms with Crippen LogP contribution < -0.4 is 0 Å². The SMILES string of the molecule is Cc1ccc(/C(CBr)=N/N=C(/CBr)c2ccc(C)cc2)cc1. The highest BCUT2D eigenvalue weighted by molar-refractivity contribution is 9.09. The lowest BCUT2D eigenvalue weighted by molar-refractivity contribution is 1.22. The molecule has 0 unspecified atom stereocenters. The van der Waals surface area contributed by atoms with Crippen LogP contribution in [0.2, 0.25) is 0 Å². The molecular weight excluding hydrogens is 404 g/mol. The van der Waals surface area contributed by atoms with E-state index < -0.39 is 0 Å². The van der Waals surface area contributed by atoms with Gasteiger partial charge in [0, 0.05) is 10.7 Å². The Morgan fingerprint density at radius 2 is 1.00 bits per heavy atom. The molecule has 0 aromatic heterocycles. The molecule has 0 aliphatic rings. The minimum absolute atomic E-state index is 0.670. The van der Waals surface area contributed by atoms with Gasteiger partial charge in [-0.15, -0.1) is 0 Å². The lowest BCUT2D eigenvalue weighted by Gasteiger charge is -2.04. The first kappa shape index (κ1) is 17.1. The van der Waals surface area contributed by atoms with Crippen molar-refractivity contribution in [3.63, 3.8) is 0 Å². The Morgan fingerprint density at radius 3 is 1.27 bits per heavy atom. The summed E-state index contributed by atoms with van der Waals surface area (Å²) in [5.41, 5.74) is 6.49. The average molecular weight is 422 g/mol. The van der Waals surface area contributed by atoms with Crippen LogP contribution in [0.4, 0.5) is 0 Å². The zero-order valence-corrected chi connectivity index (χ0v) is 15.9. The van der Waals surface area contributed by atoms with Crippen molar-refractivity contribution in [2.75, 3.05) is 10.7 Å². The van der Waals surface area contributed by atoms with Gasteiger partial charge < -0.3 is 0 Å². The van der Waals surface area contributed by atoms with Gasteiger partial charge in [0.15, 0.2) is 0 Å². The van der Waals surface area contributed by atoms with E-state index in [9.17, 15) is 0 Å². The monoisotopic (exact) mass is 420 g/mol. The van der Waals surface area contributed by atoms with Gasteiger partial charge in [0.1, 0.15) is 0 Å². The van der Waals surface area contributed by atoms with Crippen molar-refractivity contribution in [2.24, 2.45) is 10.2 Å². The van der Waals surface area contributed by atoms with E-state index in [1.165, 1.54) is 11.1 Å². The maximum atomic E-state index is 4.44. The first-order chi connectivity index (χ1) is 10.6. The Kier molecular flexibility index (Phi) is 6.52. The number of halogens is 2. The molecule has 2 nitrogen and oxygen atoms in total. The van der Waals surface area contributed by atoms with Gasteiger partial charge in [-0.1, -0.05) is 91.5 Å². The number of rotatable bonds is 5. The molecule has 2 aromatic carbocycles. The first-order valence-electron chi connectivity index (χ1n) is 7.03. The van der Waals surface area contributed by atoms with Gasteiger partial charge in [-0.2, -0.15) is 10.2 Å². The molecule has 0 spiro atoms. The van der Waals surface area contributed by atoms with Crippen molar-refractivity contribution in [2.45, 2.75) is 13.8 Å². The Morgan fingerprint density at radius 1 is 0.682 bits per heavy atom. The maximum absolute atomic E-state index is 4.44. The summed E-state index contributed by atoms with van der Waals surface area (Å²) >= 11 is 6.99. The molecule has 22 heavy (non-hydrogen) atoms. The molecule has 0 saturated heterocycles. The number of alkyl halides is 2. The predicted molar refractivity (Wildman–Crippen MR) is 103 cm³/mol. The van der Waals surface area contributed by atoms with Gasteiger partial charge in [-0.25, -0.2) is 0 Å². The van der Waals surface area contributed by atoms with Crippen molar-refractivity contribution in [3.8, 4) is 0 Å². The Balaban J connectivity index is 2.31. The molecule has 0 atom stereocenters. The second-order valence-corrected chi connectivity index (χ2v) is 6.21. The van der Waals surface area contributed by atoms with E-state index in [-0.39, 0.29) is 0 Å². The van der Waals surface area contributed by atoms with Gasteiger partial charge in [0.2, 0.25) is 0 Å². The number of aryl methyl sites for hydroxylation is 2. The van der Waals surface area contributed by atoms with E-state index in [0.717, 1.165) is 22.6 Å². The molecule has 2 rings (SSSR count). The Labute approximate surface area is 148 Å². The molecule has 114 valence electrons. The van der Waals surface area contributed by atoms with Crippen LogP contribution in [-0.4, -0.2) is 22.1 Å². The predicted octanol–water partition coefficient (Wildman–Crippen LogP) is 5.29. The largest absolute Gasteiger partial charge is 0.154 e. The summed E-state index contributed by atoms with van der Waals surface area (Å²) in [5, 5.41) is 10.2. The molecule has 2 aromatic rings. The van der Waals surface area contributed by atoms with Crippen LogP contribution in [-0.2, 0) is 0 Å². The van der Waals surface area contributed by atoms with Gasteiger partial charge in [0.25, 0.3) is 0 Å². The molecule has 0 amide bonds. The third-order valence-electron chi connectivity index (χ3n) is 3.31. The van der Waals surface area contributed by atoms with Crippen molar-refractivity contribution >= 4 is 43.3 Å². The summed E-state index contributed by atoms with van der Waals surface area (Å²) in [5.74, 6) is 0. The van der Waals surface area contributed by atoms with Gasteiger partial charge in [-0.3, -0.25) is 0 Å². The quantitative estimate of drug-likeness (QED) is 0.356. The van der Waals surface area contributed by atoms with Crippen molar-refractivity contribution < 1.29 is 0 Å². The molecular formula is C18H18Br2N2. The van der Waals surface area contributed by atoms with E-state index >= 15 is 0 Å². The summed E-state index contributed by atoms with van der Waals surface area (Å²) in [6.45, 7) is 4.15. The van der Waals surface area contributed by atoms with Gasteiger partial charge in [0.05, 0.1) is 11.4 Å². The van der Waals surface area contributed by atoms with Crippen LogP contribution in [0.3, 0.4) is 0 Å². The molecule has 0 heterocycles. The van der Waals surface area contributed by atoms with Crippen LogP contribution in [0.5, 0.6) is 0 Å². The van der Waals surface area contributed by atoms with Crippen molar-refractivity contribution in [1.82, 2.24) is 0 Å². The molecule has 4 heteroatoms. The standard InChI is InChI=1S/C18H18Br2N2/c1-13-3-7-15(8-4-13)17(11-19)21-22-18(12-20)16-9-5-14(2)6-10-16/h3-10H,11-12H2,1-2H3/b21-17-,22-18+. The highest BCUT2D eigenvalue weighted by Crippen LogP contribution is 2.10. The van der Waals surface area contributed by atoms with Crippen molar-refractivity contribution in [1.29, 1.82) is 0 Å². The van der Waals surface area contributed by atoms with Crippen LogP contribution >= 0.6 is 31.9 Å². The van der Waals surface area contributed by atoms with Crippen LogP contribution in [0.15, 0.2) is 58.7 Å². The minimum Gasteiger partial charge on any atom is -0.154 e. The normalized spacial score (nSPS) is 12.5. The fourth-order valence-electron chi connectivity index (χ4n) is 1.94. The lowest BCUT2D eigenvalue weighted by Crippen LogP contribution is -2.05. The highest BCUT2D eigenvalue weighted by Gasteiger charge is 2.04. The Bertz CT molecular complexity index is 610. The molecule has 0 aliphatic heterocycles. The molecule has 0 fully saturated rings. The van der Waals surface area contributed by atoms with Crippen LogP contribution in [0.25, 0.3) is 0 Å². The molecule has 0 aliphatic carbocycles. The minimum atomic E-state index is 0.670. The highest BCUT2D eigenvalue weighted by atomic mass is 79.9. The molecule has 0 bridgehead atoms. The third-order valence-corrected chi connectivity index (χ3v) is 4.38. The second-order valence-electron chi connectivity index (χ2n) is 5.09. The zero-order valence-electron chi connectivity index (χ0n) is 12.7. The molecule has 0 saturated carbocycles. The topological polar surface area (TPSA) is 24.7 Å². The van der Waals surface area contributed by atoms with Crippen molar-refractivity contribution in [3.05, 3.63) is 70.8 Å². The fraction of sp³-hybridized carbons (Fsp3) is 0.222. The fourth-order valence-corrected chi connectivity index (χ4v) is 2.81. The van der Waals surface area contributed by atoms with E-state index in [2.05, 4.69) is 104 Å². The average Bonchev–Trinajstić information content (AvgIpc) is 2.54.